The number of hydrogen-bond acceptors (Lipinski definition) is 4. The fraction of sp³-hybridized carbons (Fsp3) is 0.467. The second-order valence-corrected chi connectivity index (χ2v) is 6.40. The van der Waals surface area contributed by atoms with Crippen LogP contribution in [0.4, 0.5) is 5.82 Å². The highest BCUT2D eigenvalue weighted by molar-refractivity contribution is 6.31. The molecule has 110 valence electrons. The SMILES string of the molecule is OCc1cn(Cc2cnc(N3CC4CC4C3)cc2Cl)cn1. The maximum Gasteiger partial charge on any atom is 0.129 e. The molecule has 21 heavy (non-hydrogen) atoms. The molecule has 0 spiro atoms. The van der Waals surface area contributed by atoms with E-state index in [4.69, 9.17) is 16.7 Å². The summed E-state index contributed by atoms with van der Waals surface area (Å²) in [4.78, 5) is 11.0. The largest absolute Gasteiger partial charge is 0.390 e. The molecule has 2 aliphatic rings. The maximum atomic E-state index is 9.03. The van der Waals surface area contributed by atoms with Crippen molar-refractivity contribution in [1.82, 2.24) is 14.5 Å². The van der Waals surface area contributed by atoms with Crippen LogP contribution in [-0.4, -0.2) is 32.7 Å². The summed E-state index contributed by atoms with van der Waals surface area (Å²) in [7, 11) is 0. The van der Waals surface area contributed by atoms with Gasteiger partial charge in [-0.15, -0.1) is 0 Å². The molecule has 1 N–H and O–H groups in total. The van der Waals surface area contributed by atoms with Crippen molar-refractivity contribution in [3.63, 3.8) is 0 Å². The van der Waals surface area contributed by atoms with Crippen LogP contribution in [0, 0.1) is 11.8 Å². The number of fused-ring (bicyclic) bond motifs is 1. The molecular weight excluding hydrogens is 288 g/mol. The number of pyridine rings is 1. The van der Waals surface area contributed by atoms with Crippen LogP contribution in [0.1, 0.15) is 17.7 Å². The first-order chi connectivity index (χ1) is 10.2. The number of rotatable bonds is 4. The van der Waals surface area contributed by atoms with Crippen molar-refractivity contribution in [3.8, 4) is 0 Å². The standard InChI is InChI=1S/C15H17ClN4O/c16-14-2-15(20-5-10-1-11(10)6-20)17-3-12(14)4-19-7-13(8-21)18-9-19/h2-3,7,9-11,21H,1,4-6,8H2. The minimum absolute atomic E-state index is 0.0464. The van der Waals surface area contributed by atoms with E-state index in [0.717, 1.165) is 41.3 Å². The molecule has 2 fully saturated rings. The molecule has 4 rings (SSSR count). The van der Waals surface area contributed by atoms with Crippen molar-refractivity contribution in [2.45, 2.75) is 19.6 Å². The molecule has 2 atom stereocenters. The van der Waals surface area contributed by atoms with Crippen LogP contribution in [0.5, 0.6) is 0 Å². The van der Waals surface area contributed by atoms with Crippen molar-refractivity contribution in [2.75, 3.05) is 18.0 Å². The average Bonchev–Trinajstić information content (AvgIpc) is 2.90. The van der Waals surface area contributed by atoms with Crippen LogP contribution in [0.2, 0.25) is 5.02 Å². The van der Waals surface area contributed by atoms with Gasteiger partial charge in [0.25, 0.3) is 0 Å². The number of imidazole rings is 1. The Balaban J connectivity index is 1.50. The first kappa shape index (κ1) is 13.1. The van der Waals surface area contributed by atoms with Gasteiger partial charge >= 0.3 is 0 Å². The van der Waals surface area contributed by atoms with Gasteiger partial charge in [-0.25, -0.2) is 9.97 Å². The van der Waals surface area contributed by atoms with E-state index >= 15 is 0 Å². The van der Waals surface area contributed by atoms with Gasteiger partial charge in [-0.3, -0.25) is 0 Å². The van der Waals surface area contributed by atoms with Crippen molar-refractivity contribution in [2.24, 2.45) is 11.8 Å². The van der Waals surface area contributed by atoms with Gasteiger partial charge in [-0.2, -0.15) is 0 Å². The molecule has 0 bridgehead atoms. The molecule has 0 aromatic carbocycles. The van der Waals surface area contributed by atoms with Gasteiger partial charge in [-0.1, -0.05) is 11.6 Å². The number of aliphatic hydroxyl groups is 1. The van der Waals surface area contributed by atoms with E-state index in [2.05, 4.69) is 14.9 Å². The van der Waals surface area contributed by atoms with E-state index in [-0.39, 0.29) is 6.61 Å². The third kappa shape index (κ3) is 2.51. The molecule has 0 radical (unpaired) electrons. The molecular formula is C15H17ClN4O. The van der Waals surface area contributed by atoms with Crippen molar-refractivity contribution in [1.29, 1.82) is 0 Å². The number of aliphatic hydroxyl groups excluding tert-OH is 1. The Bertz CT molecular complexity index is 661. The number of piperidine rings is 1. The Morgan fingerprint density at radius 3 is 2.76 bits per heavy atom. The Kier molecular flexibility index (Phi) is 3.12. The summed E-state index contributed by atoms with van der Waals surface area (Å²) in [6, 6.07) is 1.96. The zero-order chi connectivity index (χ0) is 14.4. The summed E-state index contributed by atoms with van der Waals surface area (Å²) in [5, 5.41) is 9.77. The fourth-order valence-electron chi connectivity index (χ4n) is 3.09. The maximum absolute atomic E-state index is 9.03. The minimum Gasteiger partial charge on any atom is -0.390 e. The van der Waals surface area contributed by atoms with E-state index in [1.54, 1.807) is 6.33 Å². The Labute approximate surface area is 128 Å². The molecule has 0 amide bonds. The van der Waals surface area contributed by atoms with Gasteiger partial charge in [0.1, 0.15) is 5.82 Å². The highest BCUT2D eigenvalue weighted by Gasteiger charge is 2.45. The molecule has 1 saturated heterocycles. The summed E-state index contributed by atoms with van der Waals surface area (Å²) in [5.41, 5.74) is 1.62. The van der Waals surface area contributed by atoms with Gasteiger partial charge in [-0.05, 0) is 24.3 Å². The van der Waals surface area contributed by atoms with Gasteiger partial charge < -0.3 is 14.6 Å². The number of aromatic nitrogens is 3. The van der Waals surface area contributed by atoms with Crippen molar-refractivity contribution < 1.29 is 5.11 Å². The number of nitrogens with zero attached hydrogens (tertiary/aromatic N) is 4. The second kappa shape index (κ2) is 5.00. The monoisotopic (exact) mass is 304 g/mol. The summed E-state index contributed by atoms with van der Waals surface area (Å²) in [5.74, 6) is 2.75. The average molecular weight is 305 g/mol. The lowest BCUT2D eigenvalue weighted by molar-refractivity contribution is 0.277. The van der Waals surface area contributed by atoms with Gasteiger partial charge in [0.15, 0.2) is 0 Å². The molecule has 1 aliphatic heterocycles. The predicted molar refractivity (Wildman–Crippen MR) is 80.3 cm³/mol. The highest BCUT2D eigenvalue weighted by Crippen LogP contribution is 2.46. The summed E-state index contributed by atoms with van der Waals surface area (Å²) >= 11 is 6.40. The second-order valence-electron chi connectivity index (χ2n) is 5.99. The van der Waals surface area contributed by atoms with Crippen LogP contribution in [0.3, 0.4) is 0 Å². The zero-order valence-electron chi connectivity index (χ0n) is 11.6. The van der Waals surface area contributed by atoms with E-state index < -0.39 is 0 Å². The van der Waals surface area contributed by atoms with E-state index in [1.807, 2.05) is 23.0 Å². The lowest BCUT2D eigenvalue weighted by atomic mass is 10.2. The fourth-order valence-corrected chi connectivity index (χ4v) is 3.30. The molecule has 2 aromatic heterocycles. The summed E-state index contributed by atoms with van der Waals surface area (Å²) in [6.07, 6.45) is 6.75. The summed E-state index contributed by atoms with van der Waals surface area (Å²) in [6.45, 7) is 2.81. The van der Waals surface area contributed by atoms with E-state index in [1.165, 1.54) is 6.42 Å². The smallest absolute Gasteiger partial charge is 0.129 e. The summed E-state index contributed by atoms with van der Waals surface area (Å²) < 4.78 is 1.90. The Morgan fingerprint density at radius 2 is 2.10 bits per heavy atom. The van der Waals surface area contributed by atoms with Crippen LogP contribution < -0.4 is 4.90 Å². The van der Waals surface area contributed by atoms with Crippen LogP contribution in [-0.2, 0) is 13.2 Å². The number of halogens is 1. The number of anilines is 1. The topological polar surface area (TPSA) is 54.2 Å². The third-order valence-corrected chi connectivity index (χ3v) is 4.77. The van der Waals surface area contributed by atoms with Crippen LogP contribution in [0.15, 0.2) is 24.8 Å². The van der Waals surface area contributed by atoms with Gasteiger partial charge in [0, 0.05) is 31.0 Å². The van der Waals surface area contributed by atoms with Gasteiger partial charge in [0.2, 0.25) is 0 Å². The molecule has 1 aliphatic carbocycles. The van der Waals surface area contributed by atoms with Gasteiger partial charge in [0.05, 0.1) is 30.2 Å². The molecule has 2 unspecified atom stereocenters. The van der Waals surface area contributed by atoms with Crippen molar-refractivity contribution >= 4 is 17.4 Å². The Hall–Kier alpha value is -1.59. The third-order valence-electron chi connectivity index (χ3n) is 4.42. The zero-order valence-corrected chi connectivity index (χ0v) is 12.4. The lowest BCUT2D eigenvalue weighted by Gasteiger charge is -2.19. The lowest BCUT2D eigenvalue weighted by Crippen LogP contribution is -2.22. The predicted octanol–water partition coefficient (Wildman–Crippen LogP) is 1.93. The molecule has 5 nitrogen and oxygen atoms in total. The quantitative estimate of drug-likeness (QED) is 0.938. The number of hydrogen-bond donors (Lipinski definition) is 1. The van der Waals surface area contributed by atoms with Crippen LogP contribution >= 0.6 is 11.6 Å². The molecule has 2 aromatic rings. The van der Waals surface area contributed by atoms with E-state index in [9.17, 15) is 0 Å². The minimum atomic E-state index is -0.0464. The Morgan fingerprint density at radius 1 is 1.29 bits per heavy atom. The normalized spacial score (nSPS) is 23.4. The van der Waals surface area contributed by atoms with Crippen LogP contribution in [0.25, 0.3) is 0 Å². The molecule has 3 heterocycles. The first-order valence-corrected chi connectivity index (χ1v) is 7.61. The highest BCUT2D eigenvalue weighted by atomic mass is 35.5. The molecule has 6 heteroatoms. The van der Waals surface area contributed by atoms with E-state index in [0.29, 0.717) is 12.2 Å². The molecule has 1 saturated carbocycles. The first-order valence-electron chi connectivity index (χ1n) is 7.24. The van der Waals surface area contributed by atoms with Crippen molar-refractivity contribution in [3.05, 3.63) is 41.1 Å².